The predicted molar refractivity (Wildman–Crippen MR) is 89.4 cm³/mol. The summed E-state index contributed by atoms with van der Waals surface area (Å²) in [6, 6.07) is 15.5. The molecule has 23 heavy (non-hydrogen) atoms. The maximum Gasteiger partial charge on any atom is 0.116 e. The quantitative estimate of drug-likeness (QED) is 0.543. The first-order valence-electron chi connectivity index (χ1n) is 7.08. The van der Waals surface area contributed by atoms with Crippen LogP contribution < -0.4 is 0 Å². The van der Waals surface area contributed by atoms with Crippen LogP contribution >= 0.6 is 0 Å². The molecule has 0 aliphatic rings. The summed E-state index contributed by atoms with van der Waals surface area (Å²) in [6.45, 7) is 0. The normalized spacial score (nSPS) is 12.7. The minimum Gasteiger partial charge on any atom is -0.771 e. The number of para-hydroxylation sites is 2. The van der Waals surface area contributed by atoms with Gasteiger partial charge in [0.15, 0.2) is 0 Å². The van der Waals surface area contributed by atoms with Crippen molar-refractivity contribution in [2.45, 2.75) is 5.88 Å². The van der Waals surface area contributed by atoms with Crippen LogP contribution in [0.2, 0.25) is 0 Å². The summed E-state index contributed by atoms with van der Waals surface area (Å²) < 4.78 is 24.0. The number of rotatable bonds is 3. The van der Waals surface area contributed by atoms with Crippen LogP contribution in [0.5, 0.6) is 0 Å². The third-order valence-electron chi connectivity index (χ3n) is 3.83. The monoisotopic (exact) mass is 322 g/mol. The lowest BCUT2D eigenvalue weighted by Crippen LogP contribution is -2.01. The Bertz CT molecular complexity index is 1040. The van der Waals surface area contributed by atoms with Gasteiger partial charge in [0, 0.05) is 28.0 Å². The Kier molecular flexibility index (Phi) is 3.40. The van der Waals surface area contributed by atoms with Crippen molar-refractivity contribution >= 4 is 32.9 Å². The van der Waals surface area contributed by atoms with Gasteiger partial charge < -0.3 is 9.12 Å². The lowest BCUT2D eigenvalue weighted by atomic mass is 10.1. The largest absolute Gasteiger partial charge is 0.771 e. The molecule has 0 aliphatic carbocycles. The van der Waals surface area contributed by atoms with E-state index in [4.69, 9.17) is 0 Å². The molecule has 0 spiro atoms. The highest BCUT2D eigenvalue weighted by Crippen LogP contribution is 2.33. The summed E-state index contributed by atoms with van der Waals surface area (Å²) in [6.07, 6.45) is 3.38. The zero-order valence-corrected chi connectivity index (χ0v) is 12.9. The van der Waals surface area contributed by atoms with E-state index in [9.17, 15) is 8.76 Å². The topological polar surface area (TPSA) is 70.8 Å². The molecule has 5 nitrogen and oxygen atoms in total. The first kappa shape index (κ1) is 14.0. The Morgan fingerprint density at radius 1 is 1.00 bits per heavy atom. The third-order valence-corrected chi connectivity index (χ3v) is 4.32. The molecular weight excluding hydrogens is 310 g/mol. The molecule has 0 saturated heterocycles. The molecule has 4 rings (SSSR count). The molecule has 4 aromatic rings. The highest BCUT2D eigenvalue weighted by Gasteiger charge is 2.13. The second-order valence-electron chi connectivity index (χ2n) is 5.20. The number of nitrogens with zero attached hydrogens (tertiary/aromatic N) is 3. The van der Waals surface area contributed by atoms with E-state index in [-0.39, 0.29) is 5.88 Å². The van der Waals surface area contributed by atoms with Crippen molar-refractivity contribution in [2.24, 2.45) is 0 Å². The second-order valence-corrected chi connectivity index (χ2v) is 6.07. The van der Waals surface area contributed by atoms with Crippen molar-refractivity contribution in [3.63, 3.8) is 0 Å². The molecule has 0 N–H and O–H groups in total. The Morgan fingerprint density at radius 2 is 1.74 bits per heavy atom. The van der Waals surface area contributed by atoms with Crippen molar-refractivity contribution in [3.05, 3.63) is 61.1 Å². The zero-order chi connectivity index (χ0) is 15.8. The highest BCUT2D eigenvalue weighted by atomic mass is 32.2. The van der Waals surface area contributed by atoms with Crippen LogP contribution in [0.1, 0.15) is 0 Å². The summed E-state index contributed by atoms with van der Waals surface area (Å²) in [5.41, 5.74) is 3.45. The molecule has 0 fully saturated rings. The standard InChI is InChI=1S/C17H13N3O2S/c21-23(22)11-20-9-14(12-5-2-4-8-16(12)20)17-13-6-1-3-7-15(13)18-10-19-17/h1-10H,11H2,(H,21,22)/p-1. The fourth-order valence-electron chi connectivity index (χ4n) is 2.88. The van der Waals surface area contributed by atoms with E-state index in [1.165, 1.54) is 6.33 Å². The van der Waals surface area contributed by atoms with Crippen molar-refractivity contribution in [3.8, 4) is 11.3 Å². The number of benzene rings is 2. The molecule has 2 aromatic carbocycles. The van der Waals surface area contributed by atoms with Gasteiger partial charge in [-0.05, 0) is 23.2 Å². The predicted octanol–water partition coefficient (Wildman–Crippen LogP) is 3.09. The van der Waals surface area contributed by atoms with E-state index >= 15 is 0 Å². The molecular formula is C17H12N3O2S-. The van der Waals surface area contributed by atoms with Crippen molar-refractivity contribution in [1.82, 2.24) is 14.5 Å². The molecule has 2 heterocycles. The highest BCUT2D eigenvalue weighted by molar-refractivity contribution is 7.78. The Labute approximate surface area is 134 Å². The van der Waals surface area contributed by atoms with Gasteiger partial charge in [-0.2, -0.15) is 0 Å². The maximum atomic E-state index is 11.1. The SMILES string of the molecule is O=S([O-])Cn1cc(-c2ncnc3ccccc23)c2ccccc21. The average Bonchev–Trinajstić information content (AvgIpc) is 2.92. The van der Waals surface area contributed by atoms with Crippen LogP contribution in [0, 0.1) is 0 Å². The molecule has 2 aromatic heterocycles. The third kappa shape index (κ3) is 2.42. The molecule has 1 atom stereocenters. The van der Waals surface area contributed by atoms with Gasteiger partial charge in [0.1, 0.15) is 6.33 Å². The van der Waals surface area contributed by atoms with Crippen LogP contribution in [-0.4, -0.2) is 23.3 Å². The number of fused-ring (bicyclic) bond motifs is 2. The molecule has 0 aliphatic heterocycles. The van der Waals surface area contributed by atoms with E-state index in [2.05, 4.69) is 9.97 Å². The van der Waals surface area contributed by atoms with Crippen molar-refractivity contribution in [1.29, 1.82) is 0 Å². The van der Waals surface area contributed by atoms with E-state index in [0.29, 0.717) is 0 Å². The van der Waals surface area contributed by atoms with Crippen LogP contribution in [0.4, 0.5) is 0 Å². The minimum absolute atomic E-state index is 0.0798. The number of hydrogen-bond donors (Lipinski definition) is 0. The Balaban J connectivity index is 2.03. The van der Waals surface area contributed by atoms with Crippen molar-refractivity contribution in [2.75, 3.05) is 0 Å². The van der Waals surface area contributed by atoms with Crippen LogP contribution in [0.25, 0.3) is 33.1 Å². The summed E-state index contributed by atoms with van der Waals surface area (Å²) in [5, 5.41) is 1.92. The summed E-state index contributed by atoms with van der Waals surface area (Å²) in [4.78, 5) is 8.73. The van der Waals surface area contributed by atoms with Gasteiger partial charge in [-0.1, -0.05) is 36.4 Å². The summed E-state index contributed by atoms with van der Waals surface area (Å²) in [7, 11) is 0. The lowest BCUT2D eigenvalue weighted by molar-refractivity contribution is 0.527. The van der Waals surface area contributed by atoms with E-state index < -0.39 is 11.1 Å². The van der Waals surface area contributed by atoms with Crippen LogP contribution in [0.3, 0.4) is 0 Å². The smallest absolute Gasteiger partial charge is 0.116 e. The molecule has 6 heteroatoms. The molecule has 0 radical (unpaired) electrons. The first-order valence-corrected chi connectivity index (χ1v) is 8.32. The van der Waals surface area contributed by atoms with Crippen molar-refractivity contribution < 1.29 is 8.76 Å². The van der Waals surface area contributed by atoms with E-state index in [1.54, 1.807) is 4.57 Å². The zero-order valence-electron chi connectivity index (χ0n) is 12.0. The number of aromatic nitrogens is 3. The minimum atomic E-state index is -2.16. The maximum absolute atomic E-state index is 11.1. The Morgan fingerprint density at radius 3 is 2.57 bits per heavy atom. The van der Waals surface area contributed by atoms with Gasteiger partial charge in [0.25, 0.3) is 0 Å². The van der Waals surface area contributed by atoms with Gasteiger partial charge in [0.05, 0.1) is 17.1 Å². The number of hydrogen-bond acceptors (Lipinski definition) is 4. The van der Waals surface area contributed by atoms with E-state index in [1.807, 2.05) is 54.7 Å². The van der Waals surface area contributed by atoms with Gasteiger partial charge >= 0.3 is 0 Å². The summed E-state index contributed by atoms with van der Waals surface area (Å²) >= 11 is -2.16. The fourth-order valence-corrected chi connectivity index (χ4v) is 3.32. The molecule has 0 bridgehead atoms. The first-order chi connectivity index (χ1) is 11.2. The van der Waals surface area contributed by atoms with Gasteiger partial charge in [-0.25, -0.2) is 9.97 Å². The molecule has 114 valence electrons. The molecule has 1 unspecified atom stereocenters. The van der Waals surface area contributed by atoms with Crippen LogP contribution in [-0.2, 0) is 17.0 Å². The lowest BCUT2D eigenvalue weighted by Gasteiger charge is -2.07. The van der Waals surface area contributed by atoms with Gasteiger partial charge in [-0.15, -0.1) is 0 Å². The van der Waals surface area contributed by atoms with Gasteiger partial charge in [0.2, 0.25) is 0 Å². The Hall–Kier alpha value is -2.57. The fraction of sp³-hybridized carbons (Fsp3) is 0.0588. The molecule has 0 saturated carbocycles. The second kappa shape index (κ2) is 5.57. The average molecular weight is 322 g/mol. The van der Waals surface area contributed by atoms with Gasteiger partial charge in [-0.3, -0.25) is 4.21 Å². The summed E-state index contributed by atoms with van der Waals surface area (Å²) in [5.74, 6) is -0.0798. The van der Waals surface area contributed by atoms with E-state index in [0.717, 1.165) is 33.1 Å². The van der Waals surface area contributed by atoms with Crippen LogP contribution in [0.15, 0.2) is 61.1 Å². The molecule has 0 amide bonds.